The molecule has 3 rings (SSSR count). The third kappa shape index (κ3) is 5.32. The molecule has 4 heteroatoms. The molecule has 0 aliphatic carbocycles. The van der Waals surface area contributed by atoms with Crippen LogP contribution < -0.4 is 8.85 Å². The lowest BCUT2D eigenvalue weighted by Gasteiger charge is -2.32. The maximum absolute atomic E-state index is 6.20. The van der Waals surface area contributed by atoms with Gasteiger partial charge in [-0.3, -0.25) is 0 Å². The third-order valence-electron chi connectivity index (χ3n) is 5.96. The van der Waals surface area contributed by atoms with Crippen molar-refractivity contribution in [2.24, 2.45) is 0 Å². The van der Waals surface area contributed by atoms with Gasteiger partial charge < -0.3 is 8.85 Å². The fourth-order valence-corrected chi connectivity index (χ4v) is 5.33. The molecule has 0 aliphatic rings. The van der Waals surface area contributed by atoms with Gasteiger partial charge in [-0.25, -0.2) is 0 Å². The van der Waals surface area contributed by atoms with Crippen LogP contribution in [0.15, 0.2) is 103 Å². The van der Waals surface area contributed by atoms with Gasteiger partial charge in [-0.05, 0) is 74.1 Å². The minimum Gasteiger partial charge on any atom is -0.540 e. The Balaban J connectivity index is 2.01. The molecule has 0 fully saturated rings. The van der Waals surface area contributed by atoms with Gasteiger partial charge >= 0.3 is 0 Å². The summed E-state index contributed by atoms with van der Waals surface area (Å²) < 4.78 is 12.4. The fraction of sp³-hybridized carbons (Fsp3) is 0.214. The predicted octanol–water partition coefficient (Wildman–Crippen LogP) is 7.66. The second kappa shape index (κ2) is 9.35. The van der Waals surface area contributed by atoms with E-state index >= 15 is 0 Å². The molecule has 0 spiro atoms. The highest BCUT2D eigenvalue weighted by atomic mass is 28.4. The van der Waals surface area contributed by atoms with E-state index in [4.69, 9.17) is 8.85 Å². The Morgan fingerprint density at radius 3 is 1.28 bits per heavy atom. The number of rotatable bonds is 9. The zero-order chi connectivity index (χ0) is 23.4. The molecule has 0 saturated carbocycles. The molecule has 0 aromatic heterocycles. The van der Waals surface area contributed by atoms with Crippen LogP contribution >= 0.6 is 0 Å². The highest BCUT2D eigenvalue weighted by Crippen LogP contribution is 2.40. The average molecular weight is 459 g/mol. The van der Waals surface area contributed by atoms with E-state index in [0.717, 1.165) is 11.5 Å². The Hall–Kier alpha value is -2.83. The van der Waals surface area contributed by atoms with Crippen molar-refractivity contribution in [3.05, 3.63) is 120 Å². The van der Waals surface area contributed by atoms with Crippen LogP contribution in [-0.2, 0) is 5.41 Å². The zero-order valence-corrected chi connectivity index (χ0v) is 21.9. The van der Waals surface area contributed by atoms with Crippen molar-refractivity contribution in [3.8, 4) is 11.5 Å². The van der Waals surface area contributed by atoms with Crippen LogP contribution in [0.4, 0.5) is 0 Å². The van der Waals surface area contributed by atoms with Crippen molar-refractivity contribution in [2.75, 3.05) is 0 Å². The molecule has 0 N–H and O–H groups in total. The van der Waals surface area contributed by atoms with E-state index in [1.807, 2.05) is 11.4 Å². The third-order valence-corrected chi connectivity index (χ3v) is 9.45. The van der Waals surface area contributed by atoms with Gasteiger partial charge in [0.05, 0.1) is 0 Å². The van der Waals surface area contributed by atoms with Gasteiger partial charge in [0.25, 0.3) is 16.6 Å². The molecule has 3 aromatic rings. The highest BCUT2D eigenvalue weighted by molar-refractivity contribution is 6.77. The van der Waals surface area contributed by atoms with Crippen LogP contribution in [0.2, 0.25) is 26.2 Å². The van der Waals surface area contributed by atoms with Crippen molar-refractivity contribution >= 4 is 16.6 Å². The lowest BCUT2D eigenvalue weighted by molar-refractivity contribution is 0.561. The standard InChI is InChI=1S/C28H34O2Si2/c1-8-31(4,5)29-26-19-15-24(16-20-26)28(3,23-13-11-10-12-14-23)25-17-21-27(22-18-25)30-32(6,7)9-2/h8-22H,1-2H2,3-7H3. The molecular formula is C28H34O2Si2. The lowest BCUT2D eigenvalue weighted by Crippen LogP contribution is -2.31. The van der Waals surface area contributed by atoms with Crippen LogP contribution in [0.3, 0.4) is 0 Å². The molecule has 0 atom stereocenters. The molecule has 3 aromatic carbocycles. The summed E-state index contributed by atoms with van der Waals surface area (Å²) in [4.78, 5) is 0. The maximum atomic E-state index is 6.20. The SMILES string of the molecule is C=C[Si](C)(C)Oc1ccc(C(C)(c2ccccc2)c2ccc(O[Si](C)(C)C=C)cc2)cc1. The molecular weight excluding hydrogens is 424 g/mol. The van der Waals surface area contributed by atoms with Gasteiger partial charge in [-0.1, -0.05) is 66.0 Å². The van der Waals surface area contributed by atoms with Gasteiger partial charge in [0.15, 0.2) is 0 Å². The van der Waals surface area contributed by atoms with E-state index in [-0.39, 0.29) is 5.41 Å². The first-order valence-electron chi connectivity index (χ1n) is 11.0. The summed E-state index contributed by atoms with van der Waals surface area (Å²) in [6.45, 7) is 18.7. The first-order chi connectivity index (χ1) is 15.1. The second-order valence-corrected chi connectivity index (χ2v) is 17.0. The van der Waals surface area contributed by atoms with E-state index in [0.29, 0.717) is 0 Å². The smallest absolute Gasteiger partial charge is 0.269 e. The lowest BCUT2D eigenvalue weighted by atomic mass is 9.71. The molecule has 0 radical (unpaired) electrons. The van der Waals surface area contributed by atoms with Crippen molar-refractivity contribution in [3.63, 3.8) is 0 Å². The van der Waals surface area contributed by atoms with E-state index in [1.54, 1.807) is 0 Å². The molecule has 0 bridgehead atoms. The number of benzene rings is 3. The number of hydrogen-bond acceptors (Lipinski definition) is 2. The van der Waals surface area contributed by atoms with E-state index in [9.17, 15) is 0 Å². The van der Waals surface area contributed by atoms with Gasteiger partial charge in [-0.2, -0.15) is 0 Å². The normalized spacial score (nSPS) is 12.2. The van der Waals surface area contributed by atoms with Crippen molar-refractivity contribution in [1.29, 1.82) is 0 Å². The fourth-order valence-electron chi connectivity index (χ4n) is 3.67. The van der Waals surface area contributed by atoms with E-state index < -0.39 is 16.6 Å². The Kier molecular flexibility index (Phi) is 6.96. The first kappa shape index (κ1) is 23.8. The predicted molar refractivity (Wildman–Crippen MR) is 141 cm³/mol. The molecule has 0 heterocycles. The Morgan fingerprint density at radius 2 is 0.938 bits per heavy atom. The van der Waals surface area contributed by atoms with Crippen LogP contribution in [0, 0.1) is 0 Å². The minimum atomic E-state index is -1.89. The van der Waals surface area contributed by atoms with Crippen LogP contribution in [0.1, 0.15) is 23.6 Å². The Labute approximate surface area is 195 Å². The Bertz CT molecular complexity index is 987. The van der Waals surface area contributed by atoms with Gasteiger partial charge in [-0.15, -0.1) is 13.2 Å². The summed E-state index contributed by atoms with van der Waals surface area (Å²) >= 11 is 0. The summed E-state index contributed by atoms with van der Waals surface area (Å²) in [5.74, 6) is 1.78. The topological polar surface area (TPSA) is 18.5 Å². The molecule has 0 saturated heterocycles. The van der Waals surface area contributed by atoms with Crippen LogP contribution in [0.25, 0.3) is 0 Å². The molecule has 166 valence electrons. The zero-order valence-electron chi connectivity index (χ0n) is 19.9. The molecule has 2 nitrogen and oxygen atoms in total. The monoisotopic (exact) mass is 458 g/mol. The quantitative estimate of drug-likeness (QED) is 0.242. The second-order valence-electron chi connectivity index (χ2n) is 9.36. The van der Waals surface area contributed by atoms with Crippen molar-refractivity contribution < 1.29 is 8.85 Å². The number of hydrogen-bond donors (Lipinski definition) is 0. The largest absolute Gasteiger partial charge is 0.540 e. The highest BCUT2D eigenvalue weighted by Gasteiger charge is 2.31. The average Bonchev–Trinajstić information content (AvgIpc) is 2.79. The Morgan fingerprint density at radius 1 is 0.594 bits per heavy atom. The van der Waals surface area contributed by atoms with Crippen LogP contribution in [0.5, 0.6) is 11.5 Å². The van der Waals surface area contributed by atoms with Crippen LogP contribution in [-0.4, -0.2) is 16.6 Å². The molecule has 0 unspecified atom stereocenters. The van der Waals surface area contributed by atoms with Gasteiger partial charge in [0.2, 0.25) is 0 Å². The minimum absolute atomic E-state index is 0.310. The maximum Gasteiger partial charge on any atom is 0.269 e. The van der Waals surface area contributed by atoms with E-state index in [1.165, 1.54) is 16.7 Å². The van der Waals surface area contributed by atoms with Gasteiger partial charge in [0, 0.05) is 5.41 Å². The summed E-state index contributed by atoms with van der Waals surface area (Å²) in [5, 5.41) is 0. The molecule has 0 amide bonds. The van der Waals surface area contributed by atoms with Crippen molar-refractivity contribution in [1.82, 2.24) is 0 Å². The van der Waals surface area contributed by atoms with Gasteiger partial charge in [0.1, 0.15) is 11.5 Å². The summed E-state index contributed by atoms with van der Waals surface area (Å²) in [6, 6.07) is 27.6. The first-order valence-corrected chi connectivity index (χ1v) is 17.0. The van der Waals surface area contributed by atoms with E-state index in [2.05, 4.69) is 125 Å². The summed E-state index contributed by atoms with van der Waals surface area (Å²) in [5.41, 5.74) is 7.26. The van der Waals surface area contributed by atoms with Crippen molar-refractivity contribution in [2.45, 2.75) is 38.5 Å². The summed E-state index contributed by atoms with van der Waals surface area (Å²) in [7, 11) is -3.78. The summed E-state index contributed by atoms with van der Waals surface area (Å²) in [6.07, 6.45) is 0. The molecule has 32 heavy (non-hydrogen) atoms. The molecule has 0 aliphatic heterocycles.